The van der Waals surface area contributed by atoms with Gasteiger partial charge < -0.3 is 10.8 Å². The molecule has 1 aliphatic carbocycles. The number of benzene rings is 1. The van der Waals surface area contributed by atoms with Crippen molar-refractivity contribution >= 4 is 15.9 Å². The summed E-state index contributed by atoms with van der Waals surface area (Å²) in [5.41, 5.74) is 7.34. The van der Waals surface area contributed by atoms with E-state index < -0.39 is 0 Å². The molecule has 1 saturated carbocycles. The summed E-state index contributed by atoms with van der Waals surface area (Å²) < 4.78 is 0.746. The van der Waals surface area contributed by atoms with Gasteiger partial charge >= 0.3 is 0 Å². The van der Waals surface area contributed by atoms with Crippen molar-refractivity contribution in [1.29, 1.82) is 0 Å². The number of rotatable bonds is 2. The quantitative estimate of drug-likeness (QED) is 0.868. The van der Waals surface area contributed by atoms with Gasteiger partial charge in [0.15, 0.2) is 0 Å². The number of nitrogens with two attached hydrogens (primary N) is 1. The highest BCUT2D eigenvalue weighted by Crippen LogP contribution is 2.55. The van der Waals surface area contributed by atoms with E-state index in [2.05, 4.69) is 29.8 Å². The molecule has 0 saturated heterocycles. The number of halogens is 1. The molecule has 0 aliphatic heterocycles. The van der Waals surface area contributed by atoms with Crippen LogP contribution in [-0.2, 0) is 5.41 Å². The van der Waals surface area contributed by atoms with Gasteiger partial charge in [0.2, 0.25) is 0 Å². The summed E-state index contributed by atoms with van der Waals surface area (Å²) in [6.07, 6.45) is 2.27. The van der Waals surface area contributed by atoms with Crippen molar-refractivity contribution in [2.45, 2.75) is 37.6 Å². The number of aromatic hydroxyl groups is 1. The average Bonchev–Trinajstić information content (AvgIpc) is 2.88. The standard InChI is InChI=1S/C12H16BrNO/c1-11(2,14)12(5-6-12)8-3-4-10(15)9(13)7-8/h3-4,7,15H,5-6,14H2,1-2H3. The second kappa shape index (κ2) is 3.22. The predicted molar refractivity (Wildman–Crippen MR) is 65.0 cm³/mol. The lowest BCUT2D eigenvalue weighted by atomic mass is 9.79. The normalized spacial score (nSPS) is 18.9. The molecule has 1 aromatic carbocycles. The average molecular weight is 270 g/mol. The van der Waals surface area contributed by atoms with Crippen molar-refractivity contribution in [3.8, 4) is 5.75 Å². The Kier molecular flexibility index (Phi) is 2.36. The van der Waals surface area contributed by atoms with E-state index in [9.17, 15) is 5.11 Å². The van der Waals surface area contributed by atoms with Gasteiger partial charge in [0.1, 0.15) is 5.75 Å². The van der Waals surface area contributed by atoms with E-state index in [1.165, 1.54) is 5.56 Å². The minimum atomic E-state index is -0.205. The van der Waals surface area contributed by atoms with Crippen molar-refractivity contribution < 1.29 is 5.11 Å². The summed E-state index contributed by atoms with van der Waals surface area (Å²) in [6.45, 7) is 4.14. The molecule has 0 bridgehead atoms. The highest BCUT2D eigenvalue weighted by Gasteiger charge is 2.53. The first-order valence-corrected chi connectivity index (χ1v) is 5.94. The zero-order chi connectivity index (χ0) is 11.3. The van der Waals surface area contributed by atoms with Gasteiger partial charge in [0, 0.05) is 11.0 Å². The number of phenols is 1. The number of hydrogen-bond donors (Lipinski definition) is 2. The predicted octanol–water partition coefficient (Wildman–Crippen LogP) is 2.92. The Balaban J connectivity index is 2.43. The van der Waals surface area contributed by atoms with Crippen molar-refractivity contribution in [2.24, 2.45) is 5.73 Å². The molecule has 2 nitrogen and oxygen atoms in total. The van der Waals surface area contributed by atoms with Gasteiger partial charge in [0.05, 0.1) is 4.47 Å². The zero-order valence-corrected chi connectivity index (χ0v) is 10.6. The Hall–Kier alpha value is -0.540. The van der Waals surface area contributed by atoms with E-state index in [0.29, 0.717) is 0 Å². The first-order valence-electron chi connectivity index (χ1n) is 5.15. The maximum Gasteiger partial charge on any atom is 0.129 e. The largest absolute Gasteiger partial charge is 0.507 e. The van der Waals surface area contributed by atoms with Crippen LogP contribution in [0.3, 0.4) is 0 Å². The van der Waals surface area contributed by atoms with Crippen molar-refractivity contribution in [1.82, 2.24) is 0 Å². The van der Waals surface area contributed by atoms with Gasteiger partial charge in [-0.1, -0.05) is 6.07 Å². The lowest BCUT2D eigenvalue weighted by molar-refractivity contribution is 0.390. The van der Waals surface area contributed by atoms with E-state index >= 15 is 0 Å². The zero-order valence-electron chi connectivity index (χ0n) is 9.05. The highest BCUT2D eigenvalue weighted by molar-refractivity contribution is 9.10. The summed E-state index contributed by atoms with van der Waals surface area (Å²) in [4.78, 5) is 0. The number of hydrogen-bond acceptors (Lipinski definition) is 2. The van der Waals surface area contributed by atoms with Crippen LogP contribution in [0.25, 0.3) is 0 Å². The van der Waals surface area contributed by atoms with Gasteiger partial charge in [0.25, 0.3) is 0 Å². The fourth-order valence-corrected chi connectivity index (χ4v) is 2.61. The summed E-state index contributed by atoms with van der Waals surface area (Å²) in [7, 11) is 0. The van der Waals surface area contributed by atoms with Gasteiger partial charge in [-0.2, -0.15) is 0 Å². The van der Waals surface area contributed by atoms with Crippen LogP contribution in [0.15, 0.2) is 22.7 Å². The molecule has 0 radical (unpaired) electrons. The van der Waals surface area contributed by atoms with Crippen molar-refractivity contribution in [3.63, 3.8) is 0 Å². The molecule has 3 heteroatoms. The molecule has 3 N–H and O–H groups in total. The fraction of sp³-hybridized carbons (Fsp3) is 0.500. The topological polar surface area (TPSA) is 46.2 Å². The molecule has 0 atom stereocenters. The molecule has 1 fully saturated rings. The second-order valence-corrected chi connectivity index (χ2v) is 5.82. The molecule has 1 aliphatic rings. The maximum atomic E-state index is 9.45. The Morgan fingerprint density at radius 3 is 2.40 bits per heavy atom. The summed E-state index contributed by atoms with van der Waals surface area (Å²) in [5, 5.41) is 9.45. The molecular formula is C12H16BrNO. The van der Waals surface area contributed by atoms with Crippen molar-refractivity contribution in [3.05, 3.63) is 28.2 Å². The van der Waals surface area contributed by atoms with E-state index in [4.69, 9.17) is 5.73 Å². The molecule has 0 amide bonds. The fourth-order valence-electron chi connectivity index (χ4n) is 2.23. The van der Waals surface area contributed by atoms with E-state index in [1.54, 1.807) is 6.07 Å². The smallest absolute Gasteiger partial charge is 0.129 e. The van der Waals surface area contributed by atoms with Gasteiger partial charge in [-0.25, -0.2) is 0 Å². The molecular weight excluding hydrogens is 254 g/mol. The van der Waals surface area contributed by atoms with E-state index in [0.717, 1.165) is 17.3 Å². The third kappa shape index (κ3) is 1.68. The van der Waals surface area contributed by atoms with Crippen LogP contribution in [0.2, 0.25) is 0 Å². The van der Waals surface area contributed by atoms with Crippen LogP contribution in [-0.4, -0.2) is 10.6 Å². The molecule has 0 aromatic heterocycles. The first kappa shape index (κ1) is 11.0. The van der Waals surface area contributed by atoms with Crippen LogP contribution < -0.4 is 5.73 Å². The molecule has 82 valence electrons. The monoisotopic (exact) mass is 269 g/mol. The Bertz CT molecular complexity index is 391. The van der Waals surface area contributed by atoms with Crippen LogP contribution >= 0.6 is 15.9 Å². The minimum absolute atomic E-state index is 0.100. The molecule has 0 heterocycles. The molecule has 15 heavy (non-hydrogen) atoms. The first-order chi connectivity index (χ1) is 6.87. The lowest BCUT2D eigenvalue weighted by Gasteiger charge is -2.31. The Labute approximate surface area is 98.6 Å². The minimum Gasteiger partial charge on any atom is -0.507 e. The van der Waals surface area contributed by atoms with Crippen LogP contribution in [0.4, 0.5) is 0 Å². The molecule has 0 unspecified atom stereocenters. The third-order valence-corrected chi connectivity index (χ3v) is 4.12. The molecule has 0 spiro atoms. The van der Waals surface area contributed by atoms with Gasteiger partial charge in [-0.3, -0.25) is 0 Å². The highest BCUT2D eigenvalue weighted by atomic mass is 79.9. The van der Waals surface area contributed by atoms with Crippen molar-refractivity contribution in [2.75, 3.05) is 0 Å². The van der Waals surface area contributed by atoms with Crippen LogP contribution in [0, 0.1) is 0 Å². The summed E-state index contributed by atoms with van der Waals surface area (Å²) in [5.74, 6) is 0.282. The van der Waals surface area contributed by atoms with Crippen LogP contribution in [0.1, 0.15) is 32.3 Å². The lowest BCUT2D eigenvalue weighted by Crippen LogP contribution is -2.45. The van der Waals surface area contributed by atoms with E-state index in [-0.39, 0.29) is 16.7 Å². The SMILES string of the molecule is CC(C)(N)C1(c2ccc(O)c(Br)c2)CC1. The Morgan fingerprint density at radius 2 is 2.00 bits per heavy atom. The third-order valence-electron chi connectivity index (χ3n) is 3.48. The maximum absolute atomic E-state index is 9.45. The van der Waals surface area contributed by atoms with Gasteiger partial charge in [-0.15, -0.1) is 0 Å². The molecule has 1 aromatic rings. The van der Waals surface area contributed by atoms with Gasteiger partial charge in [-0.05, 0) is 60.3 Å². The summed E-state index contributed by atoms with van der Waals surface area (Å²) >= 11 is 3.34. The van der Waals surface area contributed by atoms with E-state index in [1.807, 2.05) is 12.1 Å². The summed E-state index contributed by atoms with van der Waals surface area (Å²) in [6, 6.07) is 5.68. The second-order valence-electron chi connectivity index (χ2n) is 4.97. The molecule has 2 rings (SSSR count). The Morgan fingerprint density at radius 1 is 1.40 bits per heavy atom. The van der Waals surface area contributed by atoms with Crippen LogP contribution in [0.5, 0.6) is 5.75 Å². The number of phenolic OH excluding ortho intramolecular Hbond substituents is 1.